The summed E-state index contributed by atoms with van der Waals surface area (Å²) in [5.41, 5.74) is 4.60. The number of rotatable bonds is 7. The number of ether oxygens (including phenoxy) is 4. The van der Waals surface area contributed by atoms with Crippen molar-refractivity contribution in [1.29, 1.82) is 0 Å². The molecule has 0 aliphatic carbocycles. The summed E-state index contributed by atoms with van der Waals surface area (Å²) in [7, 11) is 1.41. The van der Waals surface area contributed by atoms with Crippen LogP contribution in [-0.4, -0.2) is 64.9 Å². The second-order valence-corrected chi connectivity index (χ2v) is 12.8. The molecule has 5 aromatic rings. The maximum absolute atomic E-state index is 12.2. The second kappa shape index (κ2) is 11.5. The lowest BCUT2D eigenvalue weighted by Crippen LogP contribution is -2.35. The Morgan fingerprint density at radius 2 is 1.89 bits per heavy atom. The number of benzene rings is 3. The molecule has 0 bridgehead atoms. The first-order chi connectivity index (χ1) is 21.6. The molecule has 2 fully saturated rings. The maximum Gasteiger partial charge on any atom is 0.337 e. The minimum Gasteiger partial charge on any atom is -0.485 e. The summed E-state index contributed by atoms with van der Waals surface area (Å²) in [5.74, 6) is 2.75. The van der Waals surface area contributed by atoms with Gasteiger partial charge in [0.25, 0.3) is 0 Å². The van der Waals surface area contributed by atoms with E-state index in [1.165, 1.54) is 12.7 Å². The summed E-state index contributed by atoms with van der Waals surface area (Å²) < 4.78 is 27.0. The first-order valence-corrected chi connectivity index (χ1v) is 16.1. The molecule has 0 unspecified atom stereocenters. The fourth-order valence-corrected chi connectivity index (χ4v) is 7.56. The van der Waals surface area contributed by atoms with Crippen molar-refractivity contribution in [2.24, 2.45) is 0 Å². The van der Waals surface area contributed by atoms with Crippen molar-refractivity contribution in [1.82, 2.24) is 19.4 Å². The Balaban J connectivity index is 0.969. The third kappa shape index (κ3) is 5.10. The van der Waals surface area contributed by atoms with E-state index in [2.05, 4.69) is 27.7 Å². The number of thiazole rings is 1. The normalized spacial score (nSPS) is 20.6. The number of carbonyl (C=O) groups is 1. The number of aromatic nitrogens is 3. The Hall–Kier alpha value is -3.99. The van der Waals surface area contributed by atoms with Crippen molar-refractivity contribution in [2.45, 2.75) is 50.5 Å². The van der Waals surface area contributed by atoms with Gasteiger partial charge in [0.05, 0.1) is 53.1 Å². The molecule has 3 aliphatic rings. The van der Waals surface area contributed by atoms with Gasteiger partial charge in [0.2, 0.25) is 0 Å². The molecule has 0 amide bonds. The van der Waals surface area contributed by atoms with Crippen LogP contribution < -0.4 is 9.47 Å². The fraction of sp³-hybridized carbons (Fsp3) is 0.382. The number of esters is 1. The van der Waals surface area contributed by atoms with Crippen LogP contribution in [0.15, 0.2) is 60.7 Å². The lowest BCUT2D eigenvalue weighted by Gasteiger charge is -2.34. The van der Waals surface area contributed by atoms with Gasteiger partial charge in [-0.1, -0.05) is 24.3 Å². The molecule has 10 heteroatoms. The first-order valence-electron chi connectivity index (χ1n) is 15.3. The molecule has 3 aromatic carbocycles. The summed E-state index contributed by atoms with van der Waals surface area (Å²) in [5, 5.41) is 0.951. The van der Waals surface area contributed by atoms with Crippen LogP contribution in [0.25, 0.3) is 21.3 Å². The molecule has 2 atom stereocenters. The molecule has 0 spiro atoms. The van der Waals surface area contributed by atoms with Crippen LogP contribution in [0.2, 0.25) is 0 Å². The van der Waals surface area contributed by atoms with Gasteiger partial charge in [-0.25, -0.2) is 14.8 Å². The lowest BCUT2D eigenvalue weighted by atomic mass is 9.88. The average Bonchev–Trinajstić information content (AvgIpc) is 3.63. The standard InChI is InChI=1S/C34H34N4O5S/c1-40-34(39)22-9-10-25-27(17-22)38(18-23-13-16-41-23)31(35-25)19-37-14-11-21(12-15-37)24-5-4-7-28-32(24)42-20-29(43-28)33-36-26-6-2-3-8-30(26)44-33/h2-10,17,21,23,29H,11-16,18-20H2,1H3/t23-,29-/m0/s1. The van der Waals surface area contributed by atoms with Crippen LogP contribution >= 0.6 is 11.3 Å². The highest BCUT2D eigenvalue weighted by Crippen LogP contribution is 2.45. The zero-order valence-corrected chi connectivity index (χ0v) is 25.4. The molecule has 0 N–H and O–H groups in total. The minimum atomic E-state index is -0.340. The van der Waals surface area contributed by atoms with Crippen LogP contribution in [0.1, 0.15) is 58.0 Å². The first kappa shape index (κ1) is 27.6. The van der Waals surface area contributed by atoms with Crippen molar-refractivity contribution in [3.05, 3.63) is 82.6 Å². The van der Waals surface area contributed by atoms with E-state index in [1.54, 1.807) is 17.4 Å². The van der Waals surface area contributed by atoms with Crippen molar-refractivity contribution < 1.29 is 23.7 Å². The molecule has 2 aromatic heterocycles. The highest BCUT2D eigenvalue weighted by atomic mass is 32.1. The molecule has 0 saturated carbocycles. The Morgan fingerprint density at radius 1 is 1.02 bits per heavy atom. The number of hydrogen-bond acceptors (Lipinski definition) is 9. The van der Waals surface area contributed by atoms with Gasteiger partial charge in [0.1, 0.15) is 17.4 Å². The molecule has 0 radical (unpaired) electrons. The Labute approximate surface area is 259 Å². The average molecular weight is 611 g/mol. The van der Waals surface area contributed by atoms with Crippen molar-refractivity contribution in [3.63, 3.8) is 0 Å². The van der Waals surface area contributed by atoms with E-state index in [9.17, 15) is 4.79 Å². The SMILES string of the molecule is COC(=O)c1ccc2nc(CN3CCC(c4cccc5c4OC[C@@H](c4nc6ccccc6s4)O5)CC3)n(C[C@@H]3CCO3)c2c1. The summed E-state index contributed by atoms with van der Waals surface area (Å²) in [6.45, 7) is 4.66. The van der Waals surface area contributed by atoms with Crippen LogP contribution in [0.5, 0.6) is 11.5 Å². The Kier molecular flexibility index (Phi) is 7.20. The van der Waals surface area contributed by atoms with Gasteiger partial charge in [0, 0.05) is 12.2 Å². The number of carbonyl (C=O) groups excluding carboxylic acids is 1. The molecular weight excluding hydrogens is 576 g/mol. The zero-order chi connectivity index (χ0) is 29.6. The minimum absolute atomic E-state index is 0.180. The third-order valence-corrected chi connectivity index (χ3v) is 10.2. The fourth-order valence-electron chi connectivity index (χ4n) is 6.57. The number of para-hydroxylation sites is 2. The second-order valence-electron chi connectivity index (χ2n) is 11.8. The molecule has 8 rings (SSSR count). The quantitative estimate of drug-likeness (QED) is 0.204. The molecule has 44 heavy (non-hydrogen) atoms. The van der Waals surface area contributed by atoms with Crippen molar-refractivity contribution in [3.8, 4) is 11.5 Å². The predicted octanol–water partition coefficient (Wildman–Crippen LogP) is 6.11. The number of methoxy groups -OCH3 is 1. The largest absolute Gasteiger partial charge is 0.485 e. The number of piperidine rings is 1. The molecule has 2 saturated heterocycles. The predicted molar refractivity (Wildman–Crippen MR) is 168 cm³/mol. The van der Waals surface area contributed by atoms with Gasteiger partial charge >= 0.3 is 5.97 Å². The monoisotopic (exact) mass is 610 g/mol. The van der Waals surface area contributed by atoms with Gasteiger partial charge in [0.15, 0.2) is 17.6 Å². The molecule has 226 valence electrons. The molecular formula is C34H34N4O5S. The summed E-state index contributed by atoms with van der Waals surface area (Å²) >= 11 is 1.67. The van der Waals surface area contributed by atoms with Gasteiger partial charge in [-0.2, -0.15) is 0 Å². The zero-order valence-electron chi connectivity index (χ0n) is 24.6. The van der Waals surface area contributed by atoms with Crippen LogP contribution in [0.3, 0.4) is 0 Å². The van der Waals surface area contributed by atoms with E-state index >= 15 is 0 Å². The maximum atomic E-state index is 12.2. The molecule has 3 aliphatic heterocycles. The number of likely N-dealkylation sites (tertiary alicyclic amines) is 1. The van der Waals surface area contributed by atoms with Gasteiger partial charge < -0.3 is 23.5 Å². The summed E-state index contributed by atoms with van der Waals surface area (Å²) in [4.78, 5) is 24.5. The van der Waals surface area contributed by atoms with Crippen LogP contribution in [0.4, 0.5) is 0 Å². The number of imidazole rings is 1. The van der Waals surface area contributed by atoms with Crippen LogP contribution in [0, 0.1) is 0 Å². The number of hydrogen-bond donors (Lipinski definition) is 0. The summed E-state index contributed by atoms with van der Waals surface area (Å²) in [6, 6.07) is 20.1. The highest BCUT2D eigenvalue weighted by molar-refractivity contribution is 7.18. The summed E-state index contributed by atoms with van der Waals surface area (Å²) in [6.07, 6.45) is 3.07. The van der Waals surface area contributed by atoms with E-state index < -0.39 is 0 Å². The smallest absolute Gasteiger partial charge is 0.337 e. The van der Waals surface area contributed by atoms with Crippen LogP contribution in [-0.2, 0) is 22.6 Å². The Morgan fingerprint density at radius 3 is 2.68 bits per heavy atom. The van der Waals surface area contributed by atoms with Gasteiger partial charge in [-0.3, -0.25) is 4.90 Å². The van der Waals surface area contributed by atoms with Crippen molar-refractivity contribution in [2.75, 3.05) is 33.4 Å². The highest BCUT2D eigenvalue weighted by Gasteiger charge is 2.31. The number of fused-ring (bicyclic) bond motifs is 3. The van der Waals surface area contributed by atoms with E-state index in [1.807, 2.05) is 36.4 Å². The van der Waals surface area contributed by atoms with Gasteiger partial charge in [-0.05, 0) is 74.7 Å². The Bertz CT molecular complexity index is 1810. The third-order valence-electron chi connectivity index (χ3n) is 9.06. The topological polar surface area (TPSA) is 87.9 Å². The van der Waals surface area contributed by atoms with E-state index in [4.69, 9.17) is 28.9 Å². The van der Waals surface area contributed by atoms with E-state index in [0.29, 0.717) is 18.1 Å². The van der Waals surface area contributed by atoms with Crippen molar-refractivity contribution >= 4 is 38.6 Å². The molecule has 5 heterocycles. The van der Waals surface area contributed by atoms with E-state index in [-0.39, 0.29) is 18.2 Å². The molecule has 9 nitrogen and oxygen atoms in total. The number of nitrogens with zero attached hydrogens (tertiary/aromatic N) is 4. The van der Waals surface area contributed by atoms with E-state index in [0.717, 1.165) is 95.6 Å². The lowest BCUT2D eigenvalue weighted by molar-refractivity contribution is -0.0592. The van der Waals surface area contributed by atoms with Gasteiger partial charge in [-0.15, -0.1) is 11.3 Å².